The maximum atomic E-state index is 12.8. The first-order valence-corrected chi connectivity index (χ1v) is 21.2. The van der Waals surface area contributed by atoms with Crippen molar-refractivity contribution < 1.29 is 22.8 Å². The van der Waals surface area contributed by atoms with E-state index in [9.17, 15) is 4.79 Å². The quantitative estimate of drug-likeness (QED) is 0.305. The molecule has 1 aliphatic rings. The van der Waals surface area contributed by atoms with E-state index in [-0.39, 0.29) is 33.8 Å². The van der Waals surface area contributed by atoms with E-state index >= 15 is 0 Å². The van der Waals surface area contributed by atoms with E-state index in [1.54, 1.807) is 0 Å². The van der Waals surface area contributed by atoms with Crippen molar-refractivity contribution in [2.75, 3.05) is 6.61 Å². The lowest BCUT2D eigenvalue weighted by atomic mass is 9.90. The van der Waals surface area contributed by atoms with Gasteiger partial charge in [-0.15, -0.1) is 0 Å². The summed E-state index contributed by atoms with van der Waals surface area (Å²) in [5, 5.41) is 0.0711. The first-order chi connectivity index (χ1) is 14.3. The smallest absolute Gasteiger partial charge is 0.192 e. The maximum Gasteiger partial charge on any atom is 0.192 e. The van der Waals surface area contributed by atoms with E-state index in [1.165, 1.54) is 0 Å². The molecule has 1 heterocycles. The fourth-order valence-corrected chi connectivity index (χ4v) is 6.79. The Hall–Kier alpha value is 0.226. The van der Waals surface area contributed by atoms with E-state index < -0.39 is 36.7 Å². The molecule has 1 rings (SSSR count). The standard InChI is InChI=1S/C24H53BO5Si3/c1-21(2,3)31(10,11)27-17-24(16-26)19(30-33(14,15)23(7,8)9)18(20(25)28-24)29-32(12,13)22(4,5)6/h16,18-20H,17,25H2,1-15H3/t18-,19+,20-,24-/m1/s1. The molecule has 0 unspecified atom stereocenters. The third-order valence-electron chi connectivity index (χ3n) is 8.78. The van der Waals surface area contributed by atoms with Crippen molar-refractivity contribution in [3.63, 3.8) is 0 Å². The zero-order valence-corrected chi connectivity index (χ0v) is 27.6. The first-order valence-electron chi connectivity index (χ1n) is 12.5. The lowest BCUT2D eigenvalue weighted by Gasteiger charge is -2.46. The molecule has 0 aromatic heterocycles. The SMILES string of the molecule is B[C@@H]1O[C@](C=O)(CO[Si](C)(C)C(C)(C)C)[C@@H](O[Si](C)(C)C(C)(C)C)[C@H]1O[Si](C)(C)C(C)(C)C. The van der Waals surface area contributed by atoms with Crippen LogP contribution in [0, 0.1) is 0 Å². The van der Waals surface area contributed by atoms with Crippen LogP contribution in [0.25, 0.3) is 0 Å². The molecular weight excluding hydrogens is 463 g/mol. The van der Waals surface area contributed by atoms with Crippen molar-refractivity contribution >= 4 is 39.1 Å². The van der Waals surface area contributed by atoms with E-state index in [0.717, 1.165) is 6.29 Å². The molecule has 0 aromatic carbocycles. The molecule has 5 nitrogen and oxygen atoms in total. The van der Waals surface area contributed by atoms with Crippen molar-refractivity contribution in [1.82, 2.24) is 0 Å². The van der Waals surface area contributed by atoms with Crippen LogP contribution in [0.15, 0.2) is 0 Å². The number of carbonyl (C=O) groups excluding carboxylic acids is 1. The fourth-order valence-electron chi connectivity index (χ4n) is 3.09. The zero-order valence-electron chi connectivity index (χ0n) is 24.6. The Bertz CT molecular complexity index is 692. The summed E-state index contributed by atoms with van der Waals surface area (Å²) in [5.41, 5.74) is -1.17. The Labute approximate surface area is 208 Å². The highest BCUT2D eigenvalue weighted by atomic mass is 28.4. The summed E-state index contributed by atoms with van der Waals surface area (Å²) in [6.07, 6.45) is 0.127. The third-order valence-corrected chi connectivity index (χ3v) is 22.2. The van der Waals surface area contributed by atoms with Gasteiger partial charge in [0.15, 0.2) is 36.8 Å². The molecule has 1 fully saturated rings. The summed E-state index contributed by atoms with van der Waals surface area (Å²) in [6.45, 7) is 33.5. The van der Waals surface area contributed by atoms with Crippen molar-refractivity contribution in [3.05, 3.63) is 0 Å². The van der Waals surface area contributed by atoms with E-state index in [1.807, 2.05) is 7.85 Å². The summed E-state index contributed by atoms with van der Waals surface area (Å²) in [5.74, 6) is 0. The van der Waals surface area contributed by atoms with Crippen LogP contribution in [0.4, 0.5) is 0 Å². The molecule has 0 amide bonds. The van der Waals surface area contributed by atoms with Crippen molar-refractivity contribution in [3.8, 4) is 0 Å². The van der Waals surface area contributed by atoms with Crippen LogP contribution >= 0.6 is 0 Å². The van der Waals surface area contributed by atoms with Crippen LogP contribution in [0.2, 0.25) is 54.4 Å². The molecule has 33 heavy (non-hydrogen) atoms. The van der Waals surface area contributed by atoms with Gasteiger partial charge in [-0.05, 0) is 54.4 Å². The molecule has 4 atom stereocenters. The van der Waals surface area contributed by atoms with Gasteiger partial charge in [-0.3, -0.25) is 4.79 Å². The van der Waals surface area contributed by atoms with Gasteiger partial charge < -0.3 is 18.0 Å². The number of ether oxygens (including phenoxy) is 1. The van der Waals surface area contributed by atoms with Gasteiger partial charge in [-0.2, -0.15) is 0 Å². The van der Waals surface area contributed by atoms with Gasteiger partial charge >= 0.3 is 0 Å². The Morgan fingerprint density at radius 2 is 1.18 bits per heavy atom. The van der Waals surface area contributed by atoms with Crippen LogP contribution in [0.1, 0.15) is 62.3 Å². The topological polar surface area (TPSA) is 54.0 Å². The number of hydrogen-bond donors (Lipinski definition) is 0. The molecule has 0 radical (unpaired) electrons. The zero-order chi connectivity index (χ0) is 26.5. The Balaban J connectivity index is 3.49. The van der Waals surface area contributed by atoms with Gasteiger partial charge in [-0.25, -0.2) is 0 Å². The summed E-state index contributed by atoms with van der Waals surface area (Å²) < 4.78 is 26.9. The fraction of sp³-hybridized carbons (Fsp3) is 0.958. The molecule has 0 bridgehead atoms. The minimum Gasteiger partial charge on any atom is -0.413 e. The normalized spacial score (nSPS) is 28.3. The molecule has 0 spiro atoms. The molecular formula is C24H53BO5Si3. The third kappa shape index (κ3) is 6.71. The summed E-state index contributed by atoms with van der Waals surface area (Å²) in [4.78, 5) is 12.8. The summed E-state index contributed by atoms with van der Waals surface area (Å²) >= 11 is 0. The van der Waals surface area contributed by atoms with Crippen LogP contribution < -0.4 is 0 Å². The molecule has 0 saturated carbocycles. The number of hydrogen-bond acceptors (Lipinski definition) is 5. The highest BCUT2D eigenvalue weighted by Crippen LogP contribution is 2.46. The minimum atomic E-state index is -2.23. The van der Waals surface area contributed by atoms with Crippen LogP contribution in [-0.2, 0) is 22.8 Å². The second-order valence-corrected chi connectivity index (χ2v) is 28.9. The number of carbonyl (C=O) groups is 1. The monoisotopic (exact) mass is 516 g/mol. The van der Waals surface area contributed by atoms with Gasteiger partial charge in [0.1, 0.15) is 14.0 Å². The van der Waals surface area contributed by atoms with Crippen molar-refractivity contribution in [2.45, 2.75) is 141 Å². The Kier molecular flexibility index (Phi) is 9.09. The van der Waals surface area contributed by atoms with E-state index in [0.29, 0.717) is 0 Å². The second kappa shape index (κ2) is 9.59. The maximum absolute atomic E-state index is 12.8. The van der Waals surface area contributed by atoms with Gasteiger partial charge in [0.25, 0.3) is 0 Å². The molecule has 0 aromatic rings. The average Bonchev–Trinajstić information content (AvgIpc) is 2.82. The summed E-state index contributed by atoms with van der Waals surface area (Å²) in [6, 6.07) is -0.262. The van der Waals surface area contributed by atoms with Gasteiger partial charge in [0.2, 0.25) is 0 Å². The first kappa shape index (κ1) is 31.3. The van der Waals surface area contributed by atoms with Crippen molar-refractivity contribution in [2.24, 2.45) is 0 Å². The van der Waals surface area contributed by atoms with Gasteiger partial charge in [0, 0.05) is 0 Å². The van der Waals surface area contributed by atoms with E-state index in [2.05, 4.69) is 102 Å². The van der Waals surface area contributed by atoms with Gasteiger partial charge in [-0.1, -0.05) is 62.3 Å². The molecule has 194 valence electrons. The molecule has 9 heteroatoms. The van der Waals surface area contributed by atoms with E-state index in [4.69, 9.17) is 18.0 Å². The number of rotatable bonds is 8. The second-order valence-electron chi connectivity index (χ2n) is 14.6. The highest BCUT2D eigenvalue weighted by Gasteiger charge is 2.60. The Morgan fingerprint density at radius 1 is 0.788 bits per heavy atom. The Morgan fingerprint density at radius 3 is 1.55 bits per heavy atom. The summed E-state index contributed by atoms with van der Waals surface area (Å²) in [7, 11) is -4.44. The predicted molar refractivity (Wildman–Crippen MR) is 150 cm³/mol. The number of aldehydes is 1. The van der Waals surface area contributed by atoms with Crippen LogP contribution in [0.5, 0.6) is 0 Å². The van der Waals surface area contributed by atoms with Gasteiger partial charge in [0.05, 0.1) is 18.7 Å². The van der Waals surface area contributed by atoms with Crippen molar-refractivity contribution in [1.29, 1.82) is 0 Å². The minimum absolute atomic E-state index is 0.00470. The molecule has 0 N–H and O–H groups in total. The lowest BCUT2D eigenvalue weighted by molar-refractivity contribution is -0.140. The lowest BCUT2D eigenvalue weighted by Crippen LogP contribution is -2.59. The largest absolute Gasteiger partial charge is 0.413 e. The van der Waals surface area contributed by atoms with Crippen LogP contribution in [0.3, 0.4) is 0 Å². The highest BCUT2D eigenvalue weighted by molar-refractivity contribution is 6.75. The van der Waals surface area contributed by atoms with Crippen LogP contribution in [-0.4, -0.2) is 69.5 Å². The molecule has 0 aliphatic carbocycles. The molecule has 1 aliphatic heterocycles. The molecule has 1 saturated heterocycles. The predicted octanol–water partition coefficient (Wildman–Crippen LogP) is 5.72. The average molecular weight is 517 g/mol.